The van der Waals surface area contributed by atoms with Crippen molar-refractivity contribution in [3.8, 4) is 0 Å². The third-order valence-corrected chi connectivity index (χ3v) is 8.74. The maximum Gasteiger partial charge on any atom is 0.274 e. The Hall–Kier alpha value is -3.45. The van der Waals surface area contributed by atoms with Crippen molar-refractivity contribution in [1.82, 2.24) is 0 Å². The van der Waals surface area contributed by atoms with Crippen LogP contribution < -0.4 is 9.80 Å². The van der Waals surface area contributed by atoms with E-state index in [1.54, 1.807) is 36.4 Å². The summed E-state index contributed by atoms with van der Waals surface area (Å²) in [5.41, 5.74) is 5.14. The van der Waals surface area contributed by atoms with E-state index in [2.05, 4.69) is 0 Å². The maximum absolute atomic E-state index is 14.1. The topological polar surface area (TPSA) is 74.8 Å². The smallest absolute Gasteiger partial charge is 0.274 e. The van der Waals surface area contributed by atoms with Crippen LogP contribution >= 0.6 is 0 Å². The summed E-state index contributed by atoms with van der Waals surface area (Å²) in [6, 6.07) is 19.9. The first-order chi connectivity index (χ1) is 15.7. The molecular weight excluding hydrogens is 436 g/mol. The average Bonchev–Trinajstić information content (AvgIpc) is 3.14. The summed E-state index contributed by atoms with van der Waals surface area (Å²) in [7, 11) is -4.17. The Balaban J connectivity index is 1.73. The van der Waals surface area contributed by atoms with E-state index in [-0.39, 0.29) is 6.54 Å². The van der Waals surface area contributed by atoms with E-state index in [1.165, 1.54) is 9.80 Å². The predicted molar refractivity (Wildman–Crippen MR) is 128 cm³/mol. The van der Waals surface area contributed by atoms with Crippen LogP contribution in [0.2, 0.25) is 0 Å². The Morgan fingerprint density at radius 3 is 2.27 bits per heavy atom. The van der Waals surface area contributed by atoms with Crippen LogP contribution in [0.25, 0.3) is 0 Å². The molecule has 1 saturated heterocycles. The van der Waals surface area contributed by atoms with E-state index in [0.29, 0.717) is 16.9 Å². The van der Waals surface area contributed by atoms with Crippen LogP contribution in [0.15, 0.2) is 66.7 Å². The number of para-hydroxylation sites is 1. The zero-order chi connectivity index (χ0) is 23.5. The van der Waals surface area contributed by atoms with Gasteiger partial charge in [0.1, 0.15) is 5.75 Å². The highest BCUT2D eigenvalue weighted by atomic mass is 32.2. The Kier molecular flexibility index (Phi) is 4.72. The van der Waals surface area contributed by atoms with Crippen LogP contribution in [0.1, 0.15) is 27.8 Å². The molecule has 6 nitrogen and oxygen atoms in total. The molecule has 2 aliphatic heterocycles. The molecule has 0 aliphatic carbocycles. The minimum atomic E-state index is -4.17. The van der Waals surface area contributed by atoms with E-state index in [9.17, 15) is 18.0 Å². The number of nitrogens with zero attached hydrogens (tertiary/aromatic N) is 2. The molecule has 2 heterocycles. The fraction of sp³-hybridized carbons (Fsp3) is 0.231. The van der Waals surface area contributed by atoms with Crippen molar-refractivity contribution in [2.75, 3.05) is 15.6 Å². The maximum atomic E-state index is 14.1. The lowest BCUT2D eigenvalue weighted by Gasteiger charge is -2.33. The molecular formula is C26H24N2O4S. The van der Waals surface area contributed by atoms with E-state index < -0.39 is 32.3 Å². The van der Waals surface area contributed by atoms with Gasteiger partial charge in [-0.25, -0.2) is 8.42 Å². The third kappa shape index (κ3) is 2.95. The molecule has 0 N–H and O–H groups in total. The summed E-state index contributed by atoms with van der Waals surface area (Å²) in [5, 5.41) is 0. The number of benzene rings is 3. The molecule has 1 atom stereocenters. The summed E-state index contributed by atoms with van der Waals surface area (Å²) in [6.07, 6.45) is 0. The molecule has 3 aromatic rings. The molecule has 2 amide bonds. The van der Waals surface area contributed by atoms with E-state index in [4.69, 9.17) is 0 Å². The molecule has 33 heavy (non-hydrogen) atoms. The number of hydrogen-bond acceptors (Lipinski definition) is 4. The second-order valence-electron chi connectivity index (χ2n) is 8.79. The molecule has 0 radical (unpaired) electrons. The molecule has 168 valence electrons. The quantitative estimate of drug-likeness (QED) is 0.596. The highest BCUT2D eigenvalue weighted by molar-refractivity contribution is 7.94. The minimum absolute atomic E-state index is 0.211. The van der Waals surface area contributed by atoms with Gasteiger partial charge in [-0.05, 0) is 55.7 Å². The van der Waals surface area contributed by atoms with Crippen molar-refractivity contribution in [2.45, 2.75) is 32.2 Å². The van der Waals surface area contributed by atoms with Crippen molar-refractivity contribution in [3.05, 3.63) is 94.5 Å². The standard InChI is InChI=1S/C26H24N2O4S/c1-17-8-11-20(12-9-17)15-27-23-7-5-4-6-22(23)26(25(27)30)28(24(29)16-33(26,31)32)21-13-10-18(2)19(3)14-21/h4-14H,15-16H2,1-3H3. The van der Waals surface area contributed by atoms with Gasteiger partial charge in [0.05, 0.1) is 12.2 Å². The summed E-state index contributed by atoms with van der Waals surface area (Å²) in [6.45, 7) is 6.03. The van der Waals surface area contributed by atoms with E-state index in [0.717, 1.165) is 22.3 Å². The van der Waals surface area contributed by atoms with Crippen molar-refractivity contribution in [2.24, 2.45) is 0 Å². The lowest BCUT2D eigenvalue weighted by atomic mass is 10.0. The number of carbonyl (C=O) groups is 2. The van der Waals surface area contributed by atoms with Gasteiger partial charge < -0.3 is 4.90 Å². The number of aryl methyl sites for hydroxylation is 3. The molecule has 0 bridgehead atoms. The number of carbonyl (C=O) groups excluding carboxylic acids is 2. The van der Waals surface area contributed by atoms with E-state index >= 15 is 0 Å². The first kappa shape index (κ1) is 21.4. The Labute approximate surface area is 193 Å². The van der Waals surface area contributed by atoms with Crippen LogP contribution in [0.3, 0.4) is 0 Å². The van der Waals surface area contributed by atoms with Crippen LogP contribution in [0.4, 0.5) is 11.4 Å². The zero-order valence-electron chi connectivity index (χ0n) is 18.7. The van der Waals surface area contributed by atoms with Gasteiger partial charge in [0.25, 0.3) is 10.8 Å². The van der Waals surface area contributed by atoms with Crippen LogP contribution in [0, 0.1) is 20.8 Å². The number of fused-ring (bicyclic) bond motifs is 2. The highest BCUT2D eigenvalue weighted by Crippen LogP contribution is 2.52. The summed E-state index contributed by atoms with van der Waals surface area (Å²) < 4.78 is 27.3. The monoisotopic (exact) mass is 460 g/mol. The van der Waals surface area contributed by atoms with E-state index in [1.807, 2.05) is 51.1 Å². The number of sulfone groups is 1. The second-order valence-corrected chi connectivity index (χ2v) is 10.9. The van der Waals surface area contributed by atoms with Crippen molar-refractivity contribution in [1.29, 1.82) is 0 Å². The third-order valence-electron chi connectivity index (χ3n) is 6.63. The SMILES string of the molecule is Cc1ccc(CN2C(=O)C3(c4ccccc42)N(c2ccc(C)c(C)c2)C(=O)CS3(=O)=O)cc1. The Bertz CT molecular complexity index is 1410. The van der Waals surface area contributed by atoms with Gasteiger partial charge in [-0.1, -0.05) is 54.1 Å². The van der Waals surface area contributed by atoms with Gasteiger partial charge >= 0.3 is 0 Å². The second kappa shape index (κ2) is 7.28. The molecule has 1 fully saturated rings. The molecule has 0 saturated carbocycles. The largest absolute Gasteiger partial charge is 0.304 e. The van der Waals surface area contributed by atoms with Gasteiger partial charge in [-0.15, -0.1) is 0 Å². The van der Waals surface area contributed by atoms with Crippen LogP contribution in [-0.4, -0.2) is 26.0 Å². The minimum Gasteiger partial charge on any atom is -0.304 e. The van der Waals surface area contributed by atoms with Gasteiger partial charge in [0, 0.05) is 11.3 Å². The first-order valence-corrected chi connectivity index (χ1v) is 12.4. The molecule has 2 aliphatic rings. The van der Waals surface area contributed by atoms with Crippen molar-refractivity contribution >= 4 is 33.0 Å². The first-order valence-electron chi connectivity index (χ1n) is 10.8. The summed E-state index contributed by atoms with van der Waals surface area (Å²) in [5.74, 6) is -1.93. The van der Waals surface area contributed by atoms with Crippen LogP contribution in [-0.2, 0) is 30.8 Å². The van der Waals surface area contributed by atoms with Gasteiger partial charge in [-0.3, -0.25) is 14.5 Å². The molecule has 0 aromatic heterocycles. The Morgan fingerprint density at radius 2 is 1.58 bits per heavy atom. The number of hydrogen-bond donors (Lipinski definition) is 0. The lowest BCUT2D eigenvalue weighted by Crippen LogP contribution is -2.54. The highest BCUT2D eigenvalue weighted by Gasteiger charge is 2.69. The summed E-state index contributed by atoms with van der Waals surface area (Å²) >= 11 is 0. The molecule has 7 heteroatoms. The fourth-order valence-electron chi connectivity index (χ4n) is 4.79. The van der Waals surface area contributed by atoms with Gasteiger partial charge in [-0.2, -0.15) is 0 Å². The van der Waals surface area contributed by atoms with Gasteiger partial charge in [0.15, 0.2) is 9.84 Å². The fourth-order valence-corrected chi connectivity index (χ4v) is 6.82. The molecule has 1 unspecified atom stereocenters. The molecule has 5 rings (SSSR count). The lowest BCUT2D eigenvalue weighted by molar-refractivity contribution is -0.123. The van der Waals surface area contributed by atoms with Crippen molar-refractivity contribution in [3.63, 3.8) is 0 Å². The molecule has 3 aromatic carbocycles. The summed E-state index contributed by atoms with van der Waals surface area (Å²) in [4.78, 5) is 27.9. The number of amides is 2. The van der Waals surface area contributed by atoms with Crippen molar-refractivity contribution < 1.29 is 18.0 Å². The average molecular weight is 461 g/mol. The normalized spacial score (nSPS) is 21.2. The van der Waals surface area contributed by atoms with Gasteiger partial charge in [0.2, 0.25) is 5.91 Å². The number of anilines is 2. The van der Waals surface area contributed by atoms with Crippen LogP contribution in [0.5, 0.6) is 0 Å². The predicted octanol–water partition coefficient (Wildman–Crippen LogP) is 3.77. The number of rotatable bonds is 3. The zero-order valence-corrected chi connectivity index (χ0v) is 19.5. The molecule has 1 spiro atoms. The Morgan fingerprint density at radius 1 is 0.879 bits per heavy atom.